The molecule has 1 aliphatic heterocycles. The quantitative estimate of drug-likeness (QED) is 0.0155. The molecule has 1 rings (SSSR count). The Balaban J connectivity index is 2.09. The highest BCUT2D eigenvalue weighted by Crippen LogP contribution is 2.40. The Kier molecular flexibility index (Phi) is 35.2. The van der Waals surface area contributed by atoms with E-state index < -0.39 is 103 Å². The number of guanidine groups is 1. The van der Waals surface area contributed by atoms with Gasteiger partial charge in [0.2, 0.25) is 35.4 Å². The molecule has 30 nitrogen and oxygen atoms in total. The van der Waals surface area contributed by atoms with Gasteiger partial charge in [-0.15, -0.1) is 10.3 Å². The number of carbonyl (C=O) groups excluding carboxylic acids is 6. The lowest BCUT2D eigenvalue weighted by Crippen LogP contribution is -2.60. The summed E-state index contributed by atoms with van der Waals surface area (Å²) in [7, 11) is 0. The smallest absolute Gasteiger partial charge is 0.328 e. The maximum absolute atomic E-state index is 13.0. The average Bonchev–Trinajstić information content (AvgIpc) is 3.34. The number of hydrogen-bond donors (Lipinski definition) is 11. The van der Waals surface area contributed by atoms with E-state index in [-0.39, 0.29) is 63.5 Å². The number of aliphatic imine (C=N–C) groups is 1. The number of ether oxygens (including phenoxy) is 8. The molecule has 0 saturated carbocycles. The summed E-state index contributed by atoms with van der Waals surface area (Å²) < 4.78 is 43.5. The van der Waals surface area contributed by atoms with Gasteiger partial charge in [0.1, 0.15) is 31.3 Å². The predicted octanol–water partition coefficient (Wildman–Crippen LogP) is -4.86. The highest BCUT2D eigenvalue weighted by molar-refractivity contribution is 5.95. The van der Waals surface area contributed by atoms with Crippen LogP contribution in [-0.2, 0) is 81.5 Å². The highest BCUT2D eigenvalue weighted by atomic mass is 16.6. The number of nitrogens with zero attached hydrogens (tertiary/aromatic N) is 2. The average molecular weight is 1080 g/mol. The summed E-state index contributed by atoms with van der Waals surface area (Å²) in [4.78, 5) is 102. The number of rotatable bonds is 44. The minimum Gasteiger partial charge on any atom is -0.481 e. The topological polar surface area (TPSA) is 431 Å². The van der Waals surface area contributed by atoms with Gasteiger partial charge in [-0.05, 0) is 53.4 Å². The van der Waals surface area contributed by atoms with E-state index in [1.807, 2.05) is 33.0 Å². The Morgan fingerprint density at radius 3 is 1.49 bits per heavy atom. The molecule has 3 atom stereocenters. The van der Waals surface area contributed by atoms with Crippen molar-refractivity contribution < 1.29 is 96.8 Å². The number of piperidine rings is 1. The molecule has 1 fully saturated rings. The van der Waals surface area contributed by atoms with Gasteiger partial charge in [-0.3, -0.25) is 38.6 Å². The zero-order chi connectivity index (χ0) is 56.1. The number of hydroxylamine groups is 2. The molecule has 431 valence electrons. The second-order valence-corrected chi connectivity index (χ2v) is 18.0. The lowest BCUT2D eigenvalue weighted by molar-refractivity contribution is -0.292. The van der Waals surface area contributed by atoms with Gasteiger partial charge in [-0.2, -0.15) is 0 Å². The molecule has 1 heterocycles. The van der Waals surface area contributed by atoms with Crippen LogP contribution in [0.3, 0.4) is 0 Å². The number of nitrogens with one attached hydrogen (secondary N) is 6. The number of carboxylic acids is 2. The molecule has 0 bridgehead atoms. The maximum atomic E-state index is 13.0. The summed E-state index contributed by atoms with van der Waals surface area (Å²) in [6.07, 6.45) is 0.223. The summed E-state index contributed by atoms with van der Waals surface area (Å²) in [6.45, 7) is 10.0. The number of carboxylic acid groups (broad SMARTS) is 2. The van der Waals surface area contributed by atoms with Crippen LogP contribution in [0, 0.1) is 5.92 Å². The van der Waals surface area contributed by atoms with Crippen molar-refractivity contribution in [2.75, 3.05) is 138 Å². The van der Waals surface area contributed by atoms with E-state index in [1.165, 1.54) is 0 Å². The molecule has 1 saturated heterocycles. The normalized spacial score (nSPS) is 15.4. The Morgan fingerprint density at radius 2 is 1.04 bits per heavy atom. The molecule has 30 heteroatoms. The zero-order valence-electron chi connectivity index (χ0n) is 43.5. The van der Waals surface area contributed by atoms with E-state index in [0.29, 0.717) is 92.1 Å². The number of amides is 6. The Labute approximate surface area is 436 Å². The van der Waals surface area contributed by atoms with Crippen molar-refractivity contribution in [3.63, 3.8) is 0 Å². The van der Waals surface area contributed by atoms with Crippen molar-refractivity contribution in [2.24, 2.45) is 22.4 Å². The summed E-state index contributed by atoms with van der Waals surface area (Å²) >= 11 is 0. The third-order valence-corrected chi connectivity index (χ3v) is 10.6. The SMILES string of the molecule is CC1(C)CC(C(=O)NCCOCCOCCOCCOCCOCCOCCOCCNC(=O)COCC(=O)N[C@@H](CCCN=C(N)N)C(=O)NCC(=O)N[C@@H](CC(=O)O)C(=O)N[C@@H](CO)C(=O)O)CC(C)(C)N1[O]. The second kappa shape index (κ2) is 39.0. The molecular weight excluding hydrogens is 1000 g/mol. The van der Waals surface area contributed by atoms with Gasteiger partial charge >= 0.3 is 11.9 Å². The molecule has 75 heavy (non-hydrogen) atoms. The first kappa shape index (κ1) is 67.6. The number of aliphatic carboxylic acids is 2. The van der Waals surface area contributed by atoms with Crippen LogP contribution in [0.15, 0.2) is 4.99 Å². The van der Waals surface area contributed by atoms with Gasteiger partial charge in [-0.25, -0.2) is 4.79 Å². The van der Waals surface area contributed by atoms with Crippen molar-refractivity contribution in [3.8, 4) is 0 Å². The minimum absolute atomic E-state index is 0.0263. The van der Waals surface area contributed by atoms with Crippen molar-refractivity contribution >= 4 is 53.3 Å². The first-order valence-corrected chi connectivity index (χ1v) is 24.5. The summed E-state index contributed by atoms with van der Waals surface area (Å²) in [5.74, 6) is -8.09. The molecule has 13 N–H and O–H groups in total. The minimum atomic E-state index is -1.77. The van der Waals surface area contributed by atoms with Gasteiger partial charge in [0, 0.05) is 36.6 Å². The monoisotopic (exact) mass is 1080 g/mol. The molecule has 0 aromatic rings. The molecule has 0 aliphatic carbocycles. The Hall–Kier alpha value is -5.41. The number of hydrogen-bond acceptors (Lipinski definition) is 19. The zero-order valence-corrected chi connectivity index (χ0v) is 43.5. The molecule has 0 aromatic carbocycles. The van der Waals surface area contributed by atoms with E-state index >= 15 is 0 Å². The fourth-order valence-corrected chi connectivity index (χ4v) is 7.20. The molecule has 0 spiro atoms. The number of aliphatic hydroxyl groups excluding tert-OH is 1. The van der Waals surface area contributed by atoms with Gasteiger partial charge in [0.05, 0.1) is 112 Å². The van der Waals surface area contributed by atoms with Crippen LogP contribution >= 0.6 is 0 Å². The van der Waals surface area contributed by atoms with Crippen molar-refractivity contribution in [1.29, 1.82) is 0 Å². The number of carbonyl (C=O) groups is 8. The number of nitrogens with two attached hydrogens (primary N) is 2. The first-order chi connectivity index (χ1) is 35.6. The van der Waals surface area contributed by atoms with E-state index in [1.54, 1.807) is 0 Å². The van der Waals surface area contributed by atoms with Crippen molar-refractivity contribution in [1.82, 2.24) is 37.0 Å². The predicted molar refractivity (Wildman–Crippen MR) is 262 cm³/mol. The van der Waals surface area contributed by atoms with Crippen LogP contribution in [0.2, 0.25) is 0 Å². The van der Waals surface area contributed by atoms with Crippen LogP contribution in [-0.4, -0.2) is 241 Å². The van der Waals surface area contributed by atoms with Crippen LogP contribution < -0.4 is 43.4 Å². The largest absolute Gasteiger partial charge is 0.481 e. The van der Waals surface area contributed by atoms with Crippen LogP contribution in [0.25, 0.3) is 0 Å². The molecule has 0 unspecified atom stereocenters. The van der Waals surface area contributed by atoms with Crippen molar-refractivity contribution in [2.45, 2.75) is 89.0 Å². The van der Waals surface area contributed by atoms with Crippen LogP contribution in [0.4, 0.5) is 0 Å². The van der Waals surface area contributed by atoms with Gasteiger partial charge < -0.3 is 96.6 Å². The standard InChI is InChI=1S/C45H81N10O20/c1-44(2)25-31(26-45(3,4)55(44)67)39(62)49-9-11-69-13-15-71-17-19-73-21-23-74-22-20-72-18-16-70-14-12-68-10-8-48-36(58)29-75-30-37(59)52-32(6-5-7-50-43(46)47)40(63)51-27-35(57)53-33(24-38(60)61)41(64)54-34(28-56)42(65)66/h31-34,56H,5-30H2,1-4H3,(H,48,58)(H,49,62)(H,51,63)(H,52,59)(H,53,57)(H,54,64)(H,60,61)(H,65,66)(H4,46,47,50)/t32-,33-,34-/m0/s1. The molecule has 0 aromatic heterocycles. The molecule has 1 radical (unpaired) electrons. The third kappa shape index (κ3) is 32.6. The first-order valence-electron chi connectivity index (χ1n) is 24.5. The second-order valence-electron chi connectivity index (χ2n) is 18.0. The van der Waals surface area contributed by atoms with E-state index in [4.69, 9.17) is 64.7 Å². The summed E-state index contributed by atoms with van der Waals surface area (Å²) in [6, 6.07) is -4.80. The molecular formula is C45H81N10O20. The summed E-state index contributed by atoms with van der Waals surface area (Å²) in [5.41, 5.74) is 9.45. The Bertz CT molecular complexity index is 1740. The van der Waals surface area contributed by atoms with E-state index in [9.17, 15) is 43.6 Å². The van der Waals surface area contributed by atoms with E-state index in [0.717, 1.165) is 5.06 Å². The van der Waals surface area contributed by atoms with Gasteiger partial charge in [0.15, 0.2) is 5.96 Å². The van der Waals surface area contributed by atoms with E-state index in [2.05, 4.69) is 31.6 Å². The van der Waals surface area contributed by atoms with Crippen LogP contribution in [0.5, 0.6) is 0 Å². The van der Waals surface area contributed by atoms with Crippen LogP contribution in [0.1, 0.15) is 59.8 Å². The Morgan fingerprint density at radius 1 is 0.587 bits per heavy atom. The maximum Gasteiger partial charge on any atom is 0.328 e. The lowest BCUT2D eigenvalue weighted by atomic mass is 9.75. The fraction of sp³-hybridized carbons (Fsp3) is 0.800. The van der Waals surface area contributed by atoms with Crippen molar-refractivity contribution in [3.05, 3.63) is 0 Å². The van der Waals surface area contributed by atoms with Gasteiger partial charge in [-0.1, -0.05) is 0 Å². The highest BCUT2D eigenvalue weighted by Gasteiger charge is 2.48. The third-order valence-electron chi connectivity index (χ3n) is 10.6. The summed E-state index contributed by atoms with van der Waals surface area (Å²) in [5, 5.41) is 55.0. The fourth-order valence-electron chi connectivity index (χ4n) is 7.20. The van der Waals surface area contributed by atoms with Gasteiger partial charge in [0.25, 0.3) is 0 Å². The molecule has 1 aliphatic rings. The molecule has 6 amide bonds. The lowest BCUT2D eigenvalue weighted by Gasteiger charge is -2.49. The number of aliphatic hydroxyl groups is 1.